The first-order valence-electron chi connectivity index (χ1n) is 9.54. The van der Waals surface area contributed by atoms with Gasteiger partial charge in [-0.1, -0.05) is 29.5 Å². The zero-order valence-electron chi connectivity index (χ0n) is 15.6. The van der Waals surface area contributed by atoms with Crippen LogP contribution in [0.5, 0.6) is 0 Å². The largest absolute Gasteiger partial charge is 0.346 e. The van der Waals surface area contributed by atoms with Gasteiger partial charge in [0.25, 0.3) is 5.91 Å². The van der Waals surface area contributed by atoms with Crippen molar-refractivity contribution in [2.24, 2.45) is 0 Å². The second-order valence-corrected chi connectivity index (χ2v) is 6.96. The van der Waals surface area contributed by atoms with E-state index in [2.05, 4.69) is 25.7 Å². The van der Waals surface area contributed by atoms with Gasteiger partial charge in [0.1, 0.15) is 0 Å². The van der Waals surface area contributed by atoms with Crippen LogP contribution in [0.3, 0.4) is 0 Å². The summed E-state index contributed by atoms with van der Waals surface area (Å²) >= 11 is 0. The molecule has 1 aliphatic carbocycles. The number of carbonyl (C=O) groups excluding carboxylic acids is 1. The van der Waals surface area contributed by atoms with Crippen molar-refractivity contribution in [2.45, 2.75) is 25.3 Å². The van der Waals surface area contributed by atoms with Crippen LogP contribution in [-0.2, 0) is 6.54 Å². The molecule has 1 aliphatic rings. The van der Waals surface area contributed by atoms with Crippen LogP contribution in [0, 0.1) is 0 Å². The van der Waals surface area contributed by atoms with Gasteiger partial charge in [-0.3, -0.25) is 4.79 Å². The molecule has 1 saturated carbocycles. The first kappa shape index (κ1) is 17.3. The van der Waals surface area contributed by atoms with Gasteiger partial charge in [-0.05, 0) is 37.1 Å². The number of aromatic nitrogens is 6. The summed E-state index contributed by atoms with van der Waals surface area (Å²) in [4.78, 5) is 17.3. The fourth-order valence-electron chi connectivity index (χ4n) is 3.36. The molecule has 0 aliphatic heterocycles. The maximum absolute atomic E-state index is 12.9. The molecule has 1 amide bonds. The average Bonchev–Trinajstić information content (AvgIpc) is 3.28. The highest BCUT2D eigenvalue weighted by atomic mass is 16.2. The summed E-state index contributed by atoms with van der Waals surface area (Å²) in [6.07, 6.45) is 7.32. The topological polar surface area (TPSA) is 90.5 Å². The van der Waals surface area contributed by atoms with Crippen molar-refractivity contribution in [2.75, 3.05) is 0 Å². The summed E-state index contributed by atoms with van der Waals surface area (Å²) in [5.74, 6) is 0.779. The molecule has 0 unspecified atom stereocenters. The van der Waals surface area contributed by atoms with Crippen molar-refractivity contribution in [3.8, 4) is 11.5 Å². The van der Waals surface area contributed by atoms with Gasteiger partial charge >= 0.3 is 0 Å². The van der Waals surface area contributed by atoms with Crippen LogP contribution >= 0.6 is 0 Å². The normalized spacial score (nSPS) is 13.4. The van der Waals surface area contributed by atoms with Crippen molar-refractivity contribution in [3.05, 3.63) is 84.1 Å². The fourth-order valence-corrected chi connectivity index (χ4v) is 3.36. The quantitative estimate of drug-likeness (QED) is 0.551. The second-order valence-electron chi connectivity index (χ2n) is 6.96. The molecular formula is C21H19N7O. The standard InChI is InChI=1S/C21H19N7O/c29-21(23-14-16-6-4-11-22-20(16)27-13-5-12-24-27)18-19(15-9-10-15)28(26-25-18)17-7-2-1-3-8-17/h1-8,11-13,15H,9-10,14H2,(H,23,29). The Morgan fingerprint density at radius 2 is 1.93 bits per heavy atom. The zero-order valence-corrected chi connectivity index (χ0v) is 15.6. The Balaban J connectivity index is 1.40. The Morgan fingerprint density at radius 3 is 2.69 bits per heavy atom. The molecule has 4 aromatic rings. The monoisotopic (exact) mass is 385 g/mol. The molecule has 0 saturated heterocycles. The van der Waals surface area contributed by atoms with E-state index in [1.165, 1.54) is 0 Å². The second kappa shape index (κ2) is 7.31. The molecule has 1 N–H and O–H groups in total. The number of carbonyl (C=O) groups is 1. The number of benzene rings is 1. The molecule has 0 radical (unpaired) electrons. The van der Waals surface area contributed by atoms with Gasteiger partial charge in [-0.15, -0.1) is 5.10 Å². The Bertz CT molecular complexity index is 1130. The summed E-state index contributed by atoms with van der Waals surface area (Å²) in [7, 11) is 0. The minimum atomic E-state index is -0.232. The molecule has 1 fully saturated rings. The molecule has 5 rings (SSSR count). The van der Waals surface area contributed by atoms with E-state index < -0.39 is 0 Å². The number of rotatable bonds is 6. The smallest absolute Gasteiger partial charge is 0.274 e. The third kappa shape index (κ3) is 3.40. The summed E-state index contributed by atoms with van der Waals surface area (Å²) in [5, 5.41) is 15.7. The third-order valence-corrected chi connectivity index (χ3v) is 4.91. The van der Waals surface area contributed by atoms with E-state index >= 15 is 0 Å². The number of hydrogen-bond donors (Lipinski definition) is 1. The van der Waals surface area contributed by atoms with Crippen LogP contribution in [-0.4, -0.2) is 35.7 Å². The van der Waals surface area contributed by atoms with E-state index in [9.17, 15) is 4.79 Å². The van der Waals surface area contributed by atoms with Crippen molar-refractivity contribution in [1.82, 2.24) is 35.1 Å². The fraction of sp³-hybridized carbons (Fsp3) is 0.190. The van der Waals surface area contributed by atoms with E-state index in [1.54, 1.807) is 21.8 Å². The van der Waals surface area contributed by atoms with E-state index in [4.69, 9.17) is 0 Å². The van der Waals surface area contributed by atoms with Crippen LogP contribution in [0.2, 0.25) is 0 Å². The molecule has 1 aromatic carbocycles. The maximum Gasteiger partial charge on any atom is 0.274 e. The minimum absolute atomic E-state index is 0.232. The van der Waals surface area contributed by atoms with Gasteiger partial charge in [-0.25, -0.2) is 14.3 Å². The van der Waals surface area contributed by atoms with Crippen molar-refractivity contribution in [3.63, 3.8) is 0 Å². The average molecular weight is 385 g/mol. The molecule has 8 heteroatoms. The number of nitrogens with one attached hydrogen (secondary N) is 1. The molecular weight excluding hydrogens is 366 g/mol. The molecule has 0 bridgehead atoms. The van der Waals surface area contributed by atoms with Crippen molar-refractivity contribution in [1.29, 1.82) is 0 Å². The van der Waals surface area contributed by atoms with Gasteiger partial charge < -0.3 is 5.32 Å². The Morgan fingerprint density at radius 1 is 1.07 bits per heavy atom. The minimum Gasteiger partial charge on any atom is -0.346 e. The van der Waals surface area contributed by atoms with E-state index in [1.807, 2.05) is 54.7 Å². The number of nitrogens with zero attached hydrogens (tertiary/aromatic N) is 6. The van der Waals surface area contributed by atoms with Crippen molar-refractivity contribution < 1.29 is 4.79 Å². The molecule has 8 nitrogen and oxygen atoms in total. The lowest BCUT2D eigenvalue weighted by Gasteiger charge is -2.10. The lowest BCUT2D eigenvalue weighted by molar-refractivity contribution is 0.0944. The van der Waals surface area contributed by atoms with Gasteiger partial charge in [0.2, 0.25) is 0 Å². The zero-order chi connectivity index (χ0) is 19.6. The SMILES string of the molecule is O=C(NCc1cccnc1-n1cccn1)c1nnn(-c2ccccc2)c1C1CC1. The van der Waals surface area contributed by atoms with Crippen LogP contribution in [0.1, 0.15) is 40.5 Å². The first-order chi connectivity index (χ1) is 14.3. The highest BCUT2D eigenvalue weighted by molar-refractivity contribution is 5.93. The van der Waals surface area contributed by atoms with Crippen LogP contribution in [0.25, 0.3) is 11.5 Å². The number of pyridine rings is 1. The van der Waals surface area contributed by atoms with E-state index in [0.29, 0.717) is 24.0 Å². The Labute approximate surface area is 167 Å². The number of hydrogen-bond acceptors (Lipinski definition) is 5. The third-order valence-electron chi connectivity index (χ3n) is 4.91. The highest BCUT2D eigenvalue weighted by Crippen LogP contribution is 2.41. The number of amides is 1. The molecule has 3 aromatic heterocycles. The summed E-state index contributed by atoms with van der Waals surface area (Å²) in [5.41, 5.74) is 3.05. The molecule has 3 heterocycles. The molecule has 0 atom stereocenters. The summed E-state index contributed by atoms with van der Waals surface area (Å²) in [6.45, 7) is 0.324. The number of para-hydroxylation sites is 1. The predicted octanol–water partition coefficient (Wildman–Crippen LogP) is 2.66. The lowest BCUT2D eigenvalue weighted by Crippen LogP contribution is -2.25. The molecule has 29 heavy (non-hydrogen) atoms. The van der Waals surface area contributed by atoms with Crippen molar-refractivity contribution >= 4 is 5.91 Å². The van der Waals surface area contributed by atoms with Gasteiger partial charge in [0.05, 0.1) is 11.4 Å². The van der Waals surface area contributed by atoms with E-state index in [0.717, 1.165) is 29.8 Å². The van der Waals surface area contributed by atoms with Crippen LogP contribution in [0.15, 0.2) is 67.1 Å². The first-order valence-corrected chi connectivity index (χ1v) is 9.54. The van der Waals surface area contributed by atoms with E-state index in [-0.39, 0.29) is 5.91 Å². The summed E-state index contributed by atoms with van der Waals surface area (Å²) in [6, 6.07) is 15.4. The Hall–Kier alpha value is -3.81. The summed E-state index contributed by atoms with van der Waals surface area (Å²) < 4.78 is 3.47. The molecule has 144 valence electrons. The lowest BCUT2D eigenvalue weighted by atomic mass is 10.2. The Kier molecular flexibility index (Phi) is 4.36. The predicted molar refractivity (Wildman–Crippen MR) is 106 cm³/mol. The van der Waals surface area contributed by atoms with Crippen LogP contribution in [0.4, 0.5) is 0 Å². The maximum atomic E-state index is 12.9. The van der Waals surface area contributed by atoms with Gasteiger partial charge in [-0.2, -0.15) is 5.10 Å². The highest BCUT2D eigenvalue weighted by Gasteiger charge is 2.34. The molecule has 0 spiro atoms. The van der Waals surface area contributed by atoms with Gasteiger partial charge in [0.15, 0.2) is 11.5 Å². The van der Waals surface area contributed by atoms with Gasteiger partial charge in [0, 0.05) is 36.6 Å². The van der Waals surface area contributed by atoms with Crippen LogP contribution < -0.4 is 5.32 Å².